The molecule has 6 nitrogen and oxygen atoms in total. The van der Waals surface area contributed by atoms with Crippen LogP contribution in [0.3, 0.4) is 0 Å². The van der Waals surface area contributed by atoms with E-state index in [-0.39, 0.29) is 45.7 Å². The Labute approximate surface area is 228 Å². The fourth-order valence-electron chi connectivity index (χ4n) is 9.09. The molecule has 4 aliphatic carbocycles. The Hall–Kier alpha value is -1.92. The first kappa shape index (κ1) is 29.1. The van der Waals surface area contributed by atoms with Crippen molar-refractivity contribution >= 4 is 11.9 Å². The number of esters is 1. The van der Waals surface area contributed by atoms with E-state index < -0.39 is 23.6 Å². The second-order valence-corrected chi connectivity index (χ2v) is 13.9. The number of carboxylic acid groups (broad SMARTS) is 1. The number of aliphatic hydroxyl groups is 2. The lowest BCUT2D eigenvalue weighted by Gasteiger charge is -2.61. The molecular formula is C32H48O6. The summed E-state index contributed by atoms with van der Waals surface area (Å²) in [7, 11) is 0. The summed E-state index contributed by atoms with van der Waals surface area (Å²) >= 11 is 0. The van der Waals surface area contributed by atoms with Crippen molar-refractivity contribution < 1.29 is 29.6 Å². The zero-order chi connectivity index (χ0) is 28.4. The first-order valence-electron chi connectivity index (χ1n) is 14.4. The second-order valence-electron chi connectivity index (χ2n) is 13.9. The van der Waals surface area contributed by atoms with Crippen LogP contribution in [0.25, 0.3) is 0 Å². The molecule has 0 aromatic rings. The number of aliphatic hydroxyl groups excluding tert-OH is 2. The summed E-state index contributed by atoms with van der Waals surface area (Å²) in [5.74, 6) is -0.998. The van der Waals surface area contributed by atoms with E-state index in [0.29, 0.717) is 18.8 Å². The number of carbonyl (C=O) groups is 2. The molecule has 0 saturated heterocycles. The van der Waals surface area contributed by atoms with Gasteiger partial charge in [0.2, 0.25) is 0 Å². The number of hydrogen-bond acceptors (Lipinski definition) is 5. The molecule has 0 amide bonds. The van der Waals surface area contributed by atoms with E-state index in [1.807, 2.05) is 0 Å². The molecule has 9 atom stereocenters. The van der Waals surface area contributed by atoms with Crippen molar-refractivity contribution in [3.8, 4) is 0 Å². The van der Waals surface area contributed by atoms with Crippen molar-refractivity contribution in [2.24, 2.45) is 39.4 Å². The van der Waals surface area contributed by atoms with Gasteiger partial charge in [0, 0.05) is 24.3 Å². The van der Waals surface area contributed by atoms with Gasteiger partial charge < -0.3 is 20.1 Å². The maximum Gasteiger partial charge on any atom is 0.330 e. The summed E-state index contributed by atoms with van der Waals surface area (Å²) in [6, 6.07) is 0. The van der Waals surface area contributed by atoms with E-state index in [4.69, 9.17) is 4.74 Å². The van der Waals surface area contributed by atoms with Gasteiger partial charge in [-0.25, -0.2) is 4.79 Å². The van der Waals surface area contributed by atoms with E-state index in [2.05, 4.69) is 53.7 Å². The van der Waals surface area contributed by atoms with Gasteiger partial charge in [-0.1, -0.05) is 59.8 Å². The Bertz CT molecular complexity index is 1080. The SMILES string of the molecule is CC(=O)O[C@@H](C/C=C(\C)C(=O)O)C(C)[C@H]1C[C@H](O)[C@@]2(C)C3=CCC4C(C)(C)[C@H](O)CC[C@]4(C)C3=CC[C@]12C. The number of aliphatic carboxylic acids is 1. The Morgan fingerprint density at radius 1 is 1.08 bits per heavy atom. The lowest BCUT2D eigenvalue weighted by Crippen LogP contribution is -2.55. The fourth-order valence-corrected chi connectivity index (χ4v) is 9.09. The van der Waals surface area contributed by atoms with E-state index in [0.717, 1.165) is 25.7 Å². The van der Waals surface area contributed by atoms with Crippen molar-refractivity contribution in [2.75, 3.05) is 0 Å². The van der Waals surface area contributed by atoms with Gasteiger partial charge in [0.25, 0.3) is 0 Å². The van der Waals surface area contributed by atoms with Crippen molar-refractivity contribution in [3.63, 3.8) is 0 Å². The molecule has 0 radical (unpaired) electrons. The average molecular weight is 529 g/mol. The van der Waals surface area contributed by atoms with Crippen LogP contribution < -0.4 is 0 Å². The summed E-state index contributed by atoms with van der Waals surface area (Å²) in [6.45, 7) is 16.3. The molecule has 0 spiro atoms. The Morgan fingerprint density at radius 3 is 2.34 bits per heavy atom. The average Bonchev–Trinajstić information content (AvgIpc) is 3.04. The van der Waals surface area contributed by atoms with Crippen LogP contribution in [0, 0.1) is 39.4 Å². The number of carbonyl (C=O) groups excluding carboxylic acids is 1. The first-order valence-corrected chi connectivity index (χ1v) is 14.4. The molecule has 2 saturated carbocycles. The van der Waals surface area contributed by atoms with Crippen LogP contribution in [-0.2, 0) is 14.3 Å². The number of carboxylic acids is 1. The lowest BCUT2D eigenvalue weighted by molar-refractivity contribution is -0.151. The van der Waals surface area contributed by atoms with Crippen LogP contribution in [0.4, 0.5) is 0 Å². The van der Waals surface area contributed by atoms with Crippen molar-refractivity contribution in [1.82, 2.24) is 0 Å². The molecule has 0 heterocycles. The fraction of sp³-hybridized carbons (Fsp3) is 0.750. The molecule has 0 bridgehead atoms. The molecule has 2 unspecified atom stereocenters. The molecule has 0 aliphatic heterocycles. The van der Waals surface area contributed by atoms with Gasteiger partial charge in [0.15, 0.2) is 0 Å². The molecule has 38 heavy (non-hydrogen) atoms. The number of hydrogen-bond donors (Lipinski definition) is 3. The quantitative estimate of drug-likeness (QED) is 0.296. The lowest BCUT2D eigenvalue weighted by atomic mass is 9.44. The maximum absolute atomic E-state index is 12.0. The molecule has 2 fully saturated rings. The topological polar surface area (TPSA) is 104 Å². The van der Waals surface area contributed by atoms with Crippen LogP contribution in [0.15, 0.2) is 34.9 Å². The van der Waals surface area contributed by atoms with E-state index >= 15 is 0 Å². The third-order valence-electron chi connectivity index (χ3n) is 11.9. The number of fused-ring (bicyclic) bond motifs is 5. The number of ether oxygens (including phenoxy) is 1. The van der Waals surface area contributed by atoms with Gasteiger partial charge in [0.05, 0.1) is 12.2 Å². The minimum atomic E-state index is -0.977. The molecule has 6 heteroatoms. The van der Waals surface area contributed by atoms with Gasteiger partial charge in [-0.2, -0.15) is 0 Å². The summed E-state index contributed by atoms with van der Waals surface area (Å²) in [5.41, 5.74) is 1.94. The summed E-state index contributed by atoms with van der Waals surface area (Å²) in [6.07, 6.45) is 9.49. The molecule has 4 aliphatic rings. The zero-order valence-electron chi connectivity index (χ0n) is 24.5. The summed E-state index contributed by atoms with van der Waals surface area (Å²) < 4.78 is 5.76. The van der Waals surface area contributed by atoms with Gasteiger partial charge in [0.1, 0.15) is 6.10 Å². The van der Waals surface area contributed by atoms with Crippen LogP contribution in [0.1, 0.15) is 93.9 Å². The monoisotopic (exact) mass is 528 g/mol. The van der Waals surface area contributed by atoms with Crippen LogP contribution in [0.2, 0.25) is 0 Å². The van der Waals surface area contributed by atoms with E-state index in [1.165, 1.54) is 18.1 Å². The number of allylic oxidation sites excluding steroid dienone is 3. The van der Waals surface area contributed by atoms with E-state index in [9.17, 15) is 24.9 Å². The standard InChI is InChI=1S/C32H48O6/c1-18(28(36)37)9-11-24(38-20(3)33)19(2)23-17-27(35)32(8)22-10-12-25-29(4,5)26(34)14-15-30(25,6)21(22)13-16-31(23,32)7/h9-10,13,19,23-27,34-35H,11-12,14-17H2,1-8H3,(H,36,37)/b18-9+/t19?,23-,24+,25?,26-,27+,30-,31-,32-/m1/s1. The largest absolute Gasteiger partial charge is 0.478 e. The molecule has 212 valence electrons. The Balaban J connectivity index is 1.72. The van der Waals surface area contributed by atoms with Gasteiger partial charge in [-0.15, -0.1) is 0 Å². The smallest absolute Gasteiger partial charge is 0.330 e. The van der Waals surface area contributed by atoms with Crippen molar-refractivity contribution in [2.45, 2.75) is 112 Å². The zero-order valence-corrected chi connectivity index (χ0v) is 24.5. The first-order chi connectivity index (χ1) is 17.5. The van der Waals surface area contributed by atoms with Crippen LogP contribution >= 0.6 is 0 Å². The molecule has 0 aromatic carbocycles. The van der Waals surface area contributed by atoms with Crippen molar-refractivity contribution in [3.05, 3.63) is 34.9 Å². The minimum absolute atomic E-state index is 0.0417. The maximum atomic E-state index is 12.0. The molecule has 4 rings (SSSR count). The normalized spacial score (nSPS) is 41.6. The highest BCUT2D eigenvalue weighted by atomic mass is 16.5. The molecule has 0 aromatic heterocycles. The summed E-state index contributed by atoms with van der Waals surface area (Å²) in [4.78, 5) is 23.4. The van der Waals surface area contributed by atoms with E-state index in [1.54, 1.807) is 13.0 Å². The molecular weight excluding hydrogens is 480 g/mol. The van der Waals surface area contributed by atoms with Gasteiger partial charge in [-0.3, -0.25) is 4.79 Å². The third kappa shape index (κ3) is 4.13. The predicted octanol–water partition coefficient (Wildman–Crippen LogP) is 5.83. The predicted molar refractivity (Wildman–Crippen MR) is 147 cm³/mol. The highest BCUT2D eigenvalue weighted by Crippen LogP contribution is 2.71. The highest BCUT2D eigenvalue weighted by molar-refractivity contribution is 5.85. The highest BCUT2D eigenvalue weighted by Gasteiger charge is 2.66. The number of rotatable bonds is 6. The third-order valence-corrected chi connectivity index (χ3v) is 11.9. The van der Waals surface area contributed by atoms with Gasteiger partial charge >= 0.3 is 11.9 Å². The van der Waals surface area contributed by atoms with Crippen LogP contribution in [0.5, 0.6) is 0 Å². The second kappa shape index (κ2) is 9.62. The van der Waals surface area contributed by atoms with Crippen LogP contribution in [-0.4, -0.2) is 45.6 Å². The molecule has 3 N–H and O–H groups in total. The van der Waals surface area contributed by atoms with Crippen molar-refractivity contribution in [1.29, 1.82) is 0 Å². The Kier molecular flexibility index (Phi) is 7.36. The Morgan fingerprint density at radius 2 is 1.74 bits per heavy atom. The minimum Gasteiger partial charge on any atom is -0.478 e. The summed E-state index contributed by atoms with van der Waals surface area (Å²) in [5, 5.41) is 31.9. The van der Waals surface area contributed by atoms with Gasteiger partial charge in [-0.05, 0) is 84.2 Å².